The van der Waals surface area contributed by atoms with E-state index in [9.17, 15) is 0 Å². The van der Waals surface area contributed by atoms with E-state index in [4.69, 9.17) is 0 Å². The van der Waals surface area contributed by atoms with Gasteiger partial charge in [0.05, 0.1) is 44.3 Å². The highest BCUT2D eigenvalue weighted by atomic mass is 15.0. The highest BCUT2D eigenvalue weighted by molar-refractivity contribution is 6.14. The van der Waals surface area contributed by atoms with Crippen molar-refractivity contribution in [1.29, 1.82) is 0 Å². The summed E-state index contributed by atoms with van der Waals surface area (Å²) in [5.74, 6) is 0. The number of para-hydroxylation sites is 2. The molecule has 0 atom stereocenters. The lowest BCUT2D eigenvalue weighted by Crippen LogP contribution is -2.43. The number of hydrogen-bond donors (Lipinski definition) is 0. The second-order valence-electron chi connectivity index (χ2n) is 25.0. The van der Waals surface area contributed by atoms with Crippen LogP contribution in [0.3, 0.4) is 0 Å². The Morgan fingerprint density at radius 3 is 0.939 bits per heavy atom. The van der Waals surface area contributed by atoms with Crippen LogP contribution >= 0.6 is 0 Å². The summed E-state index contributed by atoms with van der Waals surface area (Å²) >= 11 is 0. The summed E-state index contributed by atoms with van der Waals surface area (Å²) in [5, 5.41) is 5.11. The van der Waals surface area contributed by atoms with E-state index in [0.29, 0.717) is 0 Å². The Hall–Kier alpha value is -9.76. The van der Waals surface area contributed by atoms with E-state index in [1.54, 1.807) is 0 Å². The molecular weight excluding hydrogens is 989 g/mol. The number of rotatable bonds is 2. The Morgan fingerprint density at radius 2 is 0.537 bits per heavy atom. The van der Waals surface area contributed by atoms with E-state index in [0.717, 1.165) is 0 Å². The van der Waals surface area contributed by atoms with Crippen LogP contribution in [0, 0.1) is 0 Å². The quantitative estimate of drug-likeness (QED) is 0.163. The summed E-state index contributed by atoms with van der Waals surface area (Å²) in [6.07, 6.45) is 0. The molecule has 14 aromatic rings. The SMILES string of the molecule is CC1(C)c2ccccc2-c2cc3c4ccccc4n(-c4cccc5c4-c4ccccc4C54c5ccccc5C5(c6ccccc6-c6c(-n7c8ccccc8c8cc9c(cc87)C(C)(C)c7ccccc7-9)cccc65)c5ccccc54)c3cc21. The van der Waals surface area contributed by atoms with E-state index >= 15 is 0 Å². The predicted molar refractivity (Wildman–Crippen MR) is 338 cm³/mol. The van der Waals surface area contributed by atoms with Crippen molar-refractivity contribution < 1.29 is 0 Å². The van der Waals surface area contributed by atoms with Crippen LogP contribution in [-0.4, -0.2) is 9.13 Å². The van der Waals surface area contributed by atoms with Gasteiger partial charge in [-0.2, -0.15) is 0 Å². The maximum absolute atomic E-state index is 2.61. The molecule has 0 bridgehead atoms. The normalized spacial score (nSPS) is 18.3. The third-order valence-electron chi connectivity index (χ3n) is 20.8. The van der Waals surface area contributed by atoms with Crippen molar-refractivity contribution in [3.05, 3.63) is 322 Å². The van der Waals surface area contributed by atoms with E-state index in [-0.39, 0.29) is 10.8 Å². The summed E-state index contributed by atoms with van der Waals surface area (Å²) in [4.78, 5) is 0. The van der Waals surface area contributed by atoms with Gasteiger partial charge in [0.2, 0.25) is 0 Å². The molecule has 19 rings (SSSR count). The number of benzene rings is 12. The van der Waals surface area contributed by atoms with Gasteiger partial charge in [0.1, 0.15) is 0 Å². The Bertz CT molecular complexity index is 4870. The molecule has 5 aliphatic rings. The van der Waals surface area contributed by atoms with Crippen molar-refractivity contribution in [1.82, 2.24) is 9.13 Å². The molecule has 2 heteroatoms. The van der Waals surface area contributed by atoms with Crippen LogP contribution in [0.1, 0.15) is 94.5 Å². The first-order valence-electron chi connectivity index (χ1n) is 29.3. The standard InChI is InChI=1S/C80H54N2/c1-77(2)57-29-11-5-23-47(57)53-43-55-49-25-9-19-39-69(49)81(73(55)45-67(53)77)71-41-21-37-65-75(71)51-27-7-13-31-59(51)79(65)61-33-15-17-35-63(61)80(64-36-18-16-34-62(64)79)60-32-14-8-28-52(60)76-66(80)38-22-42-72(76)82-70-40-20-10-26-50(70)56-44-54-48-24-6-12-30-58(48)78(3,4)68(54)46-74(56)82/h5-46H,1-4H3. The van der Waals surface area contributed by atoms with Crippen molar-refractivity contribution in [3.8, 4) is 55.9 Å². The smallest absolute Gasteiger partial charge is 0.0720 e. The van der Waals surface area contributed by atoms with Gasteiger partial charge in [0.25, 0.3) is 0 Å². The number of hydrogen-bond acceptors (Lipinski definition) is 0. The molecule has 2 nitrogen and oxygen atoms in total. The third kappa shape index (κ3) is 5.05. The zero-order valence-electron chi connectivity index (χ0n) is 46.1. The molecule has 5 aliphatic carbocycles. The summed E-state index contributed by atoms with van der Waals surface area (Å²) in [6.45, 7) is 9.61. The van der Waals surface area contributed by atoms with Crippen molar-refractivity contribution in [2.75, 3.05) is 0 Å². The highest BCUT2D eigenvalue weighted by Gasteiger charge is 2.59. The van der Waals surface area contributed by atoms with Gasteiger partial charge in [-0.1, -0.05) is 234 Å². The van der Waals surface area contributed by atoms with Crippen LogP contribution in [0.4, 0.5) is 0 Å². The molecule has 0 aliphatic heterocycles. The fraction of sp³-hybridized carbons (Fsp3) is 0.100. The van der Waals surface area contributed by atoms with Crippen LogP contribution in [0.5, 0.6) is 0 Å². The van der Waals surface area contributed by atoms with Crippen molar-refractivity contribution in [3.63, 3.8) is 0 Å². The van der Waals surface area contributed by atoms with Gasteiger partial charge >= 0.3 is 0 Å². The van der Waals surface area contributed by atoms with E-state index in [1.165, 1.54) is 166 Å². The zero-order valence-corrected chi connectivity index (χ0v) is 46.1. The monoisotopic (exact) mass is 1040 g/mol. The maximum Gasteiger partial charge on any atom is 0.0720 e. The lowest BCUT2D eigenvalue weighted by Gasteiger charge is -2.48. The van der Waals surface area contributed by atoms with Crippen LogP contribution < -0.4 is 0 Å². The average molecular weight is 1040 g/mol. The van der Waals surface area contributed by atoms with Gasteiger partial charge in [-0.3, -0.25) is 0 Å². The van der Waals surface area contributed by atoms with Crippen LogP contribution in [0.2, 0.25) is 0 Å². The number of fused-ring (bicyclic) bond motifs is 28. The lowest BCUT2D eigenvalue weighted by molar-refractivity contribution is 0.632. The molecule has 0 radical (unpaired) electrons. The summed E-state index contributed by atoms with van der Waals surface area (Å²) in [6, 6.07) is 98.6. The fourth-order valence-corrected chi connectivity index (χ4v) is 17.6. The van der Waals surface area contributed by atoms with Gasteiger partial charge in [0.15, 0.2) is 0 Å². The molecular formula is C80H54N2. The van der Waals surface area contributed by atoms with E-state index in [1.807, 2.05) is 0 Å². The Balaban J connectivity index is 0.885. The fourth-order valence-electron chi connectivity index (χ4n) is 17.6. The number of aromatic nitrogens is 2. The second-order valence-corrected chi connectivity index (χ2v) is 25.0. The third-order valence-corrected chi connectivity index (χ3v) is 20.8. The lowest BCUT2D eigenvalue weighted by atomic mass is 9.52. The predicted octanol–water partition coefficient (Wildman–Crippen LogP) is 19.5. The van der Waals surface area contributed by atoms with Crippen molar-refractivity contribution in [2.24, 2.45) is 0 Å². The van der Waals surface area contributed by atoms with E-state index in [2.05, 4.69) is 292 Å². The molecule has 0 saturated carbocycles. The first-order valence-corrected chi connectivity index (χ1v) is 29.3. The molecule has 0 fully saturated rings. The summed E-state index contributed by atoms with van der Waals surface area (Å²) < 4.78 is 5.21. The first kappa shape index (κ1) is 45.0. The molecule has 2 spiro atoms. The van der Waals surface area contributed by atoms with Gasteiger partial charge < -0.3 is 9.13 Å². The average Bonchev–Trinajstić information content (AvgIpc) is 2.64. The minimum absolute atomic E-state index is 0.145. The minimum Gasteiger partial charge on any atom is -0.309 e. The zero-order chi connectivity index (χ0) is 54.2. The molecule has 2 aromatic heterocycles. The molecule has 2 heterocycles. The largest absolute Gasteiger partial charge is 0.309 e. The Labute approximate surface area is 476 Å². The molecule has 384 valence electrons. The first-order chi connectivity index (χ1) is 40.2. The van der Waals surface area contributed by atoms with Gasteiger partial charge in [0, 0.05) is 43.5 Å². The number of nitrogens with zero attached hydrogens (tertiary/aromatic N) is 2. The second kappa shape index (κ2) is 15.2. The van der Waals surface area contributed by atoms with Crippen LogP contribution in [-0.2, 0) is 21.7 Å². The molecule has 0 N–H and O–H groups in total. The van der Waals surface area contributed by atoms with Gasteiger partial charge in [-0.05, 0) is 149 Å². The Morgan fingerprint density at radius 1 is 0.220 bits per heavy atom. The van der Waals surface area contributed by atoms with Crippen LogP contribution in [0.15, 0.2) is 255 Å². The topological polar surface area (TPSA) is 9.86 Å². The van der Waals surface area contributed by atoms with Gasteiger partial charge in [-0.15, -0.1) is 0 Å². The van der Waals surface area contributed by atoms with Crippen molar-refractivity contribution in [2.45, 2.75) is 49.4 Å². The molecule has 0 amide bonds. The maximum atomic E-state index is 2.61. The van der Waals surface area contributed by atoms with Crippen molar-refractivity contribution >= 4 is 43.6 Å². The van der Waals surface area contributed by atoms with Crippen LogP contribution in [0.25, 0.3) is 99.5 Å². The summed E-state index contributed by atoms with van der Waals surface area (Å²) in [7, 11) is 0. The molecule has 12 aromatic carbocycles. The molecule has 0 saturated heterocycles. The molecule has 82 heavy (non-hydrogen) atoms. The summed E-state index contributed by atoms with van der Waals surface area (Å²) in [5.41, 5.74) is 32.5. The minimum atomic E-state index is -0.642. The molecule has 0 unspecified atom stereocenters. The Kier molecular flexibility index (Phi) is 8.33. The van der Waals surface area contributed by atoms with E-state index < -0.39 is 10.8 Å². The van der Waals surface area contributed by atoms with Gasteiger partial charge in [-0.25, -0.2) is 0 Å². The highest BCUT2D eigenvalue weighted by Crippen LogP contribution is 2.69.